The van der Waals surface area contributed by atoms with Gasteiger partial charge in [0.05, 0.1) is 0 Å². The van der Waals surface area contributed by atoms with E-state index >= 15 is 0 Å². The Bertz CT molecular complexity index is 1160. The molecule has 0 atom stereocenters. The van der Waals surface area contributed by atoms with Gasteiger partial charge >= 0.3 is 0 Å². The number of hydrogen-bond acceptors (Lipinski definition) is 2. The average Bonchev–Trinajstić information content (AvgIpc) is 2.91. The summed E-state index contributed by atoms with van der Waals surface area (Å²) in [5.41, 5.74) is 2.04. The molecule has 5 rings (SSSR count). The number of fused-ring (bicyclic) bond motifs is 3. The van der Waals surface area contributed by atoms with Crippen LogP contribution in [-0.2, 0) is 0 Å². The number of Topliss-reactive ketones (excluding diaryl/α,β-unsaturated/α-hetero) is 1. The molecule has 0 heterocycles. The quantitative estimate of drug-likeness (QED) is 0.487. The van der Waals surface area contributed by atoms with E-state index < -0.39 is 0 Å². The molecule has 2 nitrogen and oxygen atoms in total. The highest BCUT2D eigenvalue weighted by Crippen LogP contribution is 2.41. The number of carbonyl (C=O) groups is 1. The topological polar surface area (TPSA) is 40.1 Å². The molecule has 0 radical (unpaired) electrons. The summed E-state index contributed by atoms with van der Waals surface area (Å²) in [5.74, 6) is -0.357. The number of hydrogen-bond donors (Lipinski definition) is 0. The van der Waals surface area contributed by atoms with E-state index in [2.05, 4.69) is 6.07 Å². The second-order valence-electron chi connectivity index (χ2n) is 6.27. The molecule has 0 amide bonds. The minimum atomic E-state index is -0.179. The maximum absolute atomic E-state index is 13.0. The third-order valence-corrected chi connectivity index (χ3v) is 4.89. The molecule has 2 heteroatoms. The van der Waals surface area contributed by atoms with Crippen LogP contribution in [0.4, 0.5) is 0 Å². The first kappa shape index (κ1) is 14.0. The van der Waals surface area contributed by atoms with E-state index in [9.17, 15) is 9.90 Å². The Hall–Kier alpha value is -3.39. The Balaban J connectivity index is 1.96. The van der Waals surface area contributed by atoms with Gasteiger partial charge in [0.25, 0.3) is 0 Å². The minimum absolute atomic E-state index is 0.179. The number of rotatable bonds is 1. The first-order chi connectivity index (χ1) is 12.3. The van der Waals surface area contributed by atoms with E-state index in [1.165, 1.54) is 0 Å². The fourth-order valence-electron chi connectivity index (χ4n) is 3.76. The first-order valence-corrected chi connectivity index (χ1v) is 8.22. The summed E-state index contributed by atoms with van der Waals surface area (Å²) in [6.45, 7) is 0. The predicted molar refractivity (Wildman–Crippen MR) is 99.0 cm³/mol. The molecule has 0 aliphatic heterocycles. The van der Waals surface area contributed by atoms with E-state index in [1.807, 2.05) is 48.5 Å². The van der Waals surface area contributed by atoms with Gasteiger partial charge in [-0.05, 0) is 33.2 Å². The van der Waals surface area contributed by atoms with E-state index in [-0.39, 0.29) is 17.1 Å². The van der Waals surface area contributed by atoms with Crippen molar-refractivity contribution in [2.75, 3.05) is 0 Å². The first-order valence-electron chi connectivity index (χ1n) is 8.22. The SMILES string of the molecule is O=C1C(c2c3ccccc3cc3ccccc23)=C([O-])c2ccccc21. The smallest absolute Gasteiger partial charge is 0.193 e. The van der Waals surface area contributed by atoms with Crippen LogP contribution < -0.4 is 5.11 Å². The Morgan fingerprint density at radius 2 is 1.16 bits per heavy atom. The van der Waals surface area contributed by atoms with Crippen LogP contribution in [0.2, 0.25) is 0 Å². The molecule has 4 aromatic rings. The zero-order valence-electron chi connectivity index (χ0n) is 13.3. The molecule has 0 bridgehead atoms. The highest BCUT2D eigenvalue weighted by atomic mass is 16.3. The van der Waals surface area contributed by atoms with Crippen molar-refractivity contribution in [1.29, 1.82) is 0 Å². The third kappa shape index (κ3) is 1.88. The van der Waals surface area contributed by atoms with Crippen LogP contribution >= 0.6 is 0 Å². The third-order valence-electron chi connectivity index (χ3n) is 4.89. The average molecular weight is 321 g/mol. The van der Waals surface area contributed by atoms with E-state index in [0.29, 0.717) is 11.1 Å². The van der Waals surface area contributed by atoms with Gasteiger partial charge < -0.3 is 5.11 Å². The van der Waals surface area contributed by atoms with Crippen LogP contribution in [0, 0.1) is 0 Å². The lowest BCUT2D eigenvalue weighted by Gasteiger charge is -2.16. The second-order valence-corrected chi connectivity index (χ2v) is 6.27. The molecule has 0 unspecified atom stereocenters. The van der Waals surface area contributed by atoms with Crippen molar-refractivity contribution in [3.8, 4) is 0 Å². The Labute approximate surface area is 144 Å². The summed E-state index contributed by atoms with van der Waals surface area (Å²) >= 11 is 0. The summed E-state index contributed by atoms with van der Waals surface area (Å²) < 4.78 is 0. The van der Waals surface area contributed by atoms with E-state index in [4.69, 9.17) is 0 Å². The van der Waals surface area contributed by atoms with Gasteiger partial charge in [0.15, 0.2) is 5.78 Å². The summed E-state index contributed by atoms with van der Waals surface area (Å²) in [5, 5.41) is 17.0. The molecule has 0 fully saturated rings. The predicted octanol–water partition coefficient (Wildman–Crippen LogP) is 4.42. The molecule has 1 aliphatic carbocycles. The molecule has 4 aromatic carbocycles. The van der Waals surface area contributed by atoms with Gasteiger partial charge in [0.1, 0.15) is 0 Å². The lowest BCUT2D eigenvalue weighted by Crippen LogP contribution is -2.04. The summed E-state index contributed by atoms with van der Waals surface area (Å²) in [7, 11) is 0. The summed E-state index contributed by atoms with van der Waals surface area (Å²) in [6, 6.07) is 25.0. The standard InChI is InChI=1S/C23H14O2/c24-22-18-11-5-6-12-19(18)23(25)21(22)20-16-9-3-1-7-14(16)13-15-8-2-4-10-17(15)20/h1-13,24H/p-1. The van der Waals surface area contributed by atoms with Crippen LogP contribution in [0.5, 0.6) is 0 Å². The fraction of sp³-hybridized carbons (Fsp3) is 0. The molecule has 0 N–H and O–H groups in total. The van der Waals surface area contributed by atoms with Crippen molar-refractivity contribution in [2.24, 2.45) is 0 Å². The van der Waals surface area contributed by atoms with Crippen LogP contribution in [-0.4, -0.2) is 5.78 Å². The number of allylic oxidation sites excluding steroid dienone is 1. The van der Waals surface area contributed by atoms with Crippen LogP contribution in [0.25, 0.3) is 32.9 Å². The fourth-order valence-corrected chi connectivity index (χ4v) is 3.76. The highest BCUT2D eigenvalue weighted by molar-refractivity contribution is 6.42. The molecule has 1 aliphatic rings. The Morgan fingerprint density at radius 1 is 0.640 bits per heavy atom. The lowest BCUT2D eigenvalue weighted by atomic mass is 9.90. The zero-order valence-corrected chi connectivity index (χ0v) is 13.3. The number of benzene rings is 4. The van der Waals surface area contributed by atoms with E-state index in [0.717, 1.165) is 27.1 Å². The van der Waals surface area contributed by atoms with Crippen molar-refractivity contribution < 1.29 is 9.90 Å². The number of ketones is 1. The molecular formula is C23H13O2-. The van der Waals surface area contributed by atoms with Crippen molar-refractivity contribution in [2.45, 2.75) is 0 Å². The molecule has 118 valence electrons. The van der Waals surface area contributed by atoms with Crippen molar-refractivity contribution in [3.05, 3.63) is 95.6 Å². The van der Waals surface area contributed by atoms with Crippen LogP contribution in [0.3, 0.4) is 0 Å². The van der Waals surface area contributed by atoms with Crippen molar-refractivity contribution in [1.82, 2.24) is 0 Å². The second kappa shape index (κ2) is 5.05. The summed E-state index contributed by atoms with van der Waals surface area (Å²) in [6.07, 6.45) is 0. The Morgan fingerprint density at radius 3 is 1.76 bits per heavy atom. The van der Waals surface area contributed by atoms with Gasteiger partial charge in [0.2, 0.25) is 0 Å². The van der Waals surface area contributed by atoms with E-state index in [1.54, 1.807) is 24.3 Å². The molecule has 25 heavy (non-hydrogen) atoms. The highest BCUT2D eigenvalue weighted by Gasteiger charge is 2.27. The lowest BCUT2D eigenvalue weighted by molar-refractivity contribution is -0.242. The molecule has 0 saturated heterocycles. The maximum atomic E-state index is 13.0. The van der Waals surface area contributed by atoms with Gasteiger partial charge in [-0.15, -0.1) is 0 Å². The number of carbonyl (C=O) groups excluding carboxylic acids is 1. The maximum Gasteiger partial charge on any atom is 0.193 e. The molecular weight excluding hydrogens is 308 g/mol. The van der Waals surface area contributed by atoms with Crippen LogP contribution in [0.15, 0.2) is 78.9 Å². The Kier molecular flexibility index (Phi) is 2.83. The largest absolute Gasteiger partial charge is 0.872 e. The monoisotopic (exact) mass is 321 g/mol. The van der Waals surface area contributed by atoms with Gasteiger partial charge in [-0.2, -0.15) is 0 Å². The van der Waals surface area contributed by atoms with Crippen LogP contribution in [0.1, 0.15) is 21.5 Å². The molecule has 0 aromatic heterocycles. The van der Waals surface area contributed by atoms with Gasteiger partial charge in [0, 0.05) is 16.7 Å². The van der Waals surface area contributed by atoms with Gasteiger partial charge in [-0.1, -0.05) is 78.6 Å². The summed E-state index contributed by atoms with van der Waals surface area (Å²) in [4.78, 5) is 13.0. The van der Waals surface area contributed by atoms with Gasteiger partial charge in [-0.25, -0.2) is 0 Å². The zero-order chi connectivity index (χ0) is 17.0. The van der Waals surface area contributed by atoms with Gasteiger partial charge in [-0.3, -0.25) is 4.79 Å². The minimum Gasteiger partial charge on any atom is -0.872 e. The van der Waals surface area contributed by atoms with Crippen molar-refractivity contribution in [3.63, 3.8) is 0 Å². The normalized spacial score (nSPS) is 13.7. The molecule has 0 spiro atoms. The molecule has 0 saturated carbocycles. The van der Waals surface area contributed by atoms with Crippen molar-refractivity contribution >= 4 is 38.7 Å².